The molecule has 0 radical (unpaired) electrons. The normalized spacial score (nSPS) is 15.1. The summed E-state index contributed by atoms with van der Waals surface area (Å²) >= 11 is 0. The third-order valence-corrected chi connectivity index (χ3v) is 5.00. The topological polar surface area (TPSA) is 101 Å². The van der Waals surface area contributed by atoms with Gasteiger partial charge < -0.3 is 5.11 Å². The average molecular weight is 302 g/mol. The Kier molecular flexibility index (Phi) is 4.85. The molecule has 1 rings (SSSR count). The van der Waals surface area contributed by atoms with Gasteiger partial charge in [0.2, 0.25) is 10.0 Å². The second kappa shape index (κ2) is 5.86. The highest BCUT2D eigenvalue weighted by molar-refractivity contribution is 7.89. The summed E-state index contributed by atoms with van der Waals surface area (Å²) in [5, 5.41) is 20.7. The van der Waals surface area contributed by atoms with E-state index in [1.807, 2.05) is 0 Å². The van der Waals surface area contributed by atoms with Crippen LogP contribution in [0, 0.1) is 10.1 Å². The molecule has 0 fully saturated rings. The van der Waals surface area contributed by atoms with Gasteiger partial charge in [0.25, 0.3) is 5.69 Å². The van der Waals surface area contributed by atoms with Crippen molar-refractivity contribution >= 4 is 15.7 Å². The average Bonchev–Trinajstić information content (AvgIpc) is 2.36. The van der Waals surface area contributed by atoms with Crippen LogP contribution < -0.4 is 0 Å². The lowest BCUT2D eigenvalue weighted by molar-refractivity contribution is -0.386. The Morgan fingerprint density at radius 1 is 1.30 bits per heavy atom. The third kappa shape index (κ3) is 3.14. The minimum Gasteiger partial charge on any atom is -0.393 e. The summed E-state index contributed by atoms with van der Waals surface area (Å²) in [6.45, 7) is 3.17. The Hall–Kier alpha value is -1.51. The lowest BCUT2D eigenvalue weighted by atomic mass is 9.95. The van der Waals surface area contributed by atoms with Gasteiger partial charge in [0.1, 0.15) is 0 Å². The maximum absolute atomic E-state index is 12.0. The monoisotopic (exact) mass is 302 g/mol. The van der Waals surface area contributed by atoms with Crippen LogP contribution in [0.3, 0.4) is 0 Å². The number of nitro benzene ring substituents is 1. The van der Waals surface area contributed by atoms with Crippen LogP contribution in [0.4, 0.5) is 5.69 Å². The molecule has 2 atom stereocenters. The van der Waals surface area contributed by atoms with E-state index in [0.717, 1.165) is 10.4 Å². The molecule has 112 valence electrons. The van der Waals surface area contributed by atoms with Crippen molar-refractivity contribution in [1.82, 2.24) is 4.31 Å². The SMILES string of the molecule is CC(O)C(C)c1ccc(S(=O)(=O)N(C)C)cc1[N+](=O)[O-]. The Bertz CT molecular complexity index is 610. The molecule has 7 nitrogen and oxygen atoms in total. The first-order valence-electron chi connectivity index (χ1n) is 5.98. The number of hydrogen-bond acceptors (Lipinski definition) is 5. The minimum atomic E-state index is -3.73. The molecule has 0 aliphatic heterocycles. The van der Waals surface area contributed by atoms with E-state index >= 15 is 0 Å². The summed E-state index contributed by atoms with van der Waals surface area (Å²) in [6, 6.07) is 3.73. The third-order valence-electron chi connectivity index (χ3n) is 3.19. The van der Waals surface area contributed by atoms with Crippen LogP contribution in [0.5, 0.6) is 0 Å². The van der Waals surface area contributed by atoms with Crippen LogP contribution in [0.25, 0.3) is 0 Å². The number of hydrogen-bond donors (Lipinski definition) is 1. The molecule has 2 unspecified atom stereocenters. The van der Waals surface area contributed by atoms with E-state index in [2.05, 4.69) is 0 Å². The second-order valence-corrected chi connectivity index (χ2v) is 6.95. The lowest BCUT2D eigenvalue weighted by Crippen LogP contribution is -2.22. The zero-order valence-electron chi connectivity index (χ0n) is 11.8. The fraction of sp³-hybridized carbons (Fsp3) is 0.500. The summed E-state index contributed by atoms with van der Waals surface area (Å²) in [4.78, 5) is 10.3. The molecule has 8 heteroatoms. The van der Waals surface area contributed by atoms with Crippen molar-refractivity contribution in [3.63, 3.8) is 0 Å². The smallest absolute Gasteiger partial charge is 0.274 e. The molecule has 0 aliphatic carbocycles. The Morgan fingerprint density at radius 3 is 2.25 bits per heavy atom. The summed E-state index contributed by atoms with van der Waals surface area (Å²) in [7, 11) is -1.02. The van der Waals surface area contributed by atoms with E-state index in [4.69, 9.17) is 0 Å². The summed E-state index contributed by atoms with van der Waals surface area (Å²) in [5.41, 5.74) is 0.00373. The van der Waals surface area contributed by atoms with Gasteiger partial charge in [-0.1, -0.05) is 13.0 Å². The molecular weight excluding hydrogens is 284 g/mol. The van der Waals surface area contributed by atoms with Crippen molar-refractivity contribution < 1.29 is 18.4 Å². The summed E-state index contributed by atoms with van der Waals surface area (Å²) in [5.74, 6) is -0.466. The van der Waals surface area contributed by atoms with Gasteiger partial charge in [-0.2, -0.15) is 0 Å². The molecular formula is C12H18N2O5S. The van der Waals surface area contributed by atoms with E-state index in [9.17, 15) is 23.6 Å². The van der Waals surface area contributed by atoms with Crippen LogP contribution >= 0.6 is 0 Å². The predicted octanol–water partition coefficient (Wildman–Crippen LogP) is 1.33. The molecule has 0 spiro atoms. The van der Waals surface area contributed by atoms with E-state index in [1.54, 1.807) is 6.92 Å². The van der Waals surface area contributed by atoms with Gasteiger partial charge >= 0.3 is 0 Å². The van der Waals surface area contributed by atoms with Crippen LogP contribution in [0.2, 0.25) is 0 Å². The molecule has 0 aliphatic rings. The van der Waals surface area contributed by atoms with Crippen molar-refractivity contribution in [3.05, 3.63) is 33.9 Å². The quantitative estimate of drug-likeness (QED) is 0.653. The van der Waals surface area contributed by atoms with Crippen LogP contribution in [-0.4, -0.2) is 43.0 Å². The zero-order chi connectivity index (χ0) is 15.7. The molecule has 0 heterocycles. The molecule has 20 heavy (non-hydrogen) atoms. The number of aliphatic hydroxyl groups is 1. The predicted molar refractivity (Wildman–Crippen MR) is 74.1 cm³/mol. The van der Waals surface area contributed by atoms with Crippen molar-refractivity contribution in [2.24, 2.45) is 0 Å². The Balaban J connectivity index is 3.46. The van der Waals surface area contributed by atoms with Gasteiger partial charge in [0.05, 0.1) is 15.9 Å². The van der Waals surface area contributed by atoms with Gasteiger partial charge in [-0.25, -0.2) is 12.7 Å². The molecule has 0 aromatic heterocycles. The van der Waals surface area contributed by atoms with Gasteiger partial charge in [-0.05, 0) is 13.0 Å². The van der Waals surface area contributed by atoms with Crippen molar-refractivity contribution in [2.45, 2.75) is 30.8 Å². The molecule has 0 bridgehead atoms. The van der Waals surface area contributed by atoms with E-state index < -0.39 is 27.0 Å². The molecule has 0 saturated carbocycles. The van der Waals surface area contributed by atoms with E-state index in [-0.39, 0.29) is 10.6 Å². The fourth-order valence-corrected chi connectivity index (χ4v) is 2.62. The summed E-state index contributed by atoms with van der Waals surface area (Å²) in [6.07, 6.45) is -0.773. The first-order valence-corrected chi connectivity index (χ1v) is 7.42. The molecule has 1 aromatic rings. The first kappa shape index (κ1) is 16.5. The maximum atomic E-state index is 12.0. The maximum Gasteiger partial charge on any atom is 0.274 e. The van der Waals surface area contributed by atoms with Crippen molar-refractivity contribution in [1.29, 1.82) is 0 Å². The summed E-state index contributed by atoms with van der Waals surface area (Å²) < 4.78 is 24.9. The first-order chi connectivity index (χ1) is 9.09. The largest absolute Gasteiger partial charge is 0.393 e. The number of nitrogens with zero attached hydrogens (tertiary/aromatic N) is 2. The number of aliphatic hydroxyl groups excluding tert-OH is 1. The lowest BCUT2D eigenvalue weighted by Gasteiger charge is -2.17. The van der Waals surface area contributed by atoms with Crippen LogP contribution in [0.15, 0.2) is 23.1 Å². The number of rotatable bonds is 5. The van der Waals surface area contributed by atoms with Gasteiger partial charge in [0, 0.05) is 31.6 Å². The fourth-order valence-electron chi connectivity index (χ4n) is 1.70. The highest BCUT2D eigenvalue weighted by atomic mass is 32.2. The minimum absolute atomic E-state index is 0.143. The second-order valence-electron chi connectivity index (χ2n) is 4.79. The van der Waals surface area contributed by atoms with Gasteiger partial charge in [0.15, 0.2) is 0 Å². The number of sulfonamides is 1. The van der Waals surface area contributed by atoms with Crippen molar-refractivity contribution in [2.75, 3.05) is 14.1 Å². The van der Waals surface area contributed by atoms with Crippen LogP contribution in [-0.2, 0) is 10.0 Å². The molecule has 1 aromatic carbocycles. The van der Waals surface area contributed by atoms with Gasteiger partial charge in [-0.3, -0.25) is 10.1 Å². The molecule has 0 saturated heterocycles. The molecule has 1 N–H and O–H groups in total. The van der Waals surface area contributed by atoms with E-state index in [1.165, 1.54) is 33.2 Å². The highest BCUT2D eigenvalue weighted by Crippen LogP contribution is 2.31. The van der Waals surface area contributed by atoms with Crippen molar-refractivity contribution in [3.8, 4) is 0 Å². The number of nitro groups is 1. The highest BCUT2D eigenvalue weighted by Gasteiger charge is 2.26. The van der Waals surface area contributed by atoms with Gasteiger partial charge in [-0.15, -0.1) is 0 Å². The standard InChI is InChI=1S/C12H18N2O5S/c1-8(9(2)15)11-6-5-10(7-12(11)14(16)17)20(18,19)13(3)4/h5-9,15H,1-4H3. The number of benzene rings is 1. The molecule has 0 amide bonds. The van der Waals surface area contributed by atoms with Crippen LogP contribution in [0.1, 0.15) is 25.3 Å². The van der Waals surface area contributed by atoms with E-state index in [0.29, 0.717) is 5.56 Å². The zero-order valence-corrected chi connectivity index (χ0v) is 12.6. The Labute approximate surface area is 118 Å². The Morgan fingerprint density at radius 2 is 1.85 bits per heavy atom.